The third kappa shape index (κ3) is 10.4. The van der Waals surface area contributed by atoms with Crippen LogP contribution in [0.2, 0.25) is 0 Å². The quantitative estimate of drug-likeness (QED) is 0.249. The first-order valence-electron chi connectivity index (χ1n) is 9.08. The molecule has 1 aliphatic rings. The molecule has 7 N–H and O–H groups in total. The smallest absolute Gasteiger partial charge is 0.289 e. The van der Waals surface area contributed by atoms with Gasteiger partial charge in [-0.1, -0.05) is 12.1 Å². The van der Waals surface area contributed by atoms with Gasteiger partial charge in [-0.05, 0) is 63.6 Å². The van der Waals surface area contributed by atoms with Crippen LogP contribution in [0.15, 0.2) is 42.9 Å². The van der Waals surface area contributed by atoms with E-state index < -0.39 is 0 Å². The predicted octanol–water partition coefficient (Wildman–Crippen LogP) is 1.51. The summed E-state index contributed by atoms with van der Waals surface area (Å²) >= 11 is 0. The van der Waals surface area contributed by atoms with Crippen molar-refractivity contribution >= 4 is 30.3 Å². The fourth-order valence-electron chi connectivity index (χ4n) is 2.60. The highest BCUT2D eigenvalue weighted by molar-refractivity contribution is 5.92. The average molecular weight is 423 g/mol. The van der Waals surface area contributed by atoms with Gasteiger partial charge < -0.3 is 16.4 Å². The third-order valence-corrected chi connectivity index (χ3v) is 3.84. The fourth-order valence-corrected chi connectivity index (χ4v) is 2.60. The van der Waals surface area contributed by atoms with E-state index in [0.717, 1.165) is 25.1 Å². The first kappa shape index (κ1) is 26.2. The maximum absolute atomic E-state index is 11.8. The first-order valence-corrected chi connectivity index (χ1v) is 9.08. The van der Waals surface area contributed by atoms with Crippen LogP contribution in [0.4, 0.5) is 5.69 Å². The van der Waals surface area contributed by atoms with E-state index in [4.69, 9.17) is 5.41 Å². The molecule has 3 rings (SSSR count). The minimum atomic E-state index is -0.310. The number of hydrogen-bond donors (Lipinski definition) is 6. The van der Waals surface area contributed by atoms with Crippen molar-refractivity contribution in [1.82, 2.24) is 26.0 Å². The summed E-state index contributed by atoms with van der Waals surface area (Å²) in [5.41, 5.74) is 12.4. The molecule has 1 saturated heterocycles. The Labute approximate surface area is 178 Å². The zero-order chi connectivity index (χ0) is 20.6. The highest BCUT2D eigenvalue weighted by Crippen LogP contribution is 2.25. The molecular formula is C19H31ClN8O. The topological polar surface area (TPSA) is 141 Å². The Balaban J connectivity index is 0.00000100. The average Bonchev–Trinajstić information content (AvgIpc) is 2.75. The second kappa shape index (κ2) is 16.2. The van der Waals surface area contributed by atoms with Crippen LogP contribution in [0.3, 0.4) is 0 Å². The first-order chi connectivity index (χ1) is 13.7. The van der Waals surface area contributed by atoms with Gasteiger partial charge >= 0.3 is 0 Å². The highest BCUT2D eigenvalue weighted by atomic mass is 35.5. The molecule has 1 aromatic carbocycles. The van der Waals surface area contributed by atoms with Crippen molar-refractivity contribution < 1.29 is 4.79 Å². The summed E-state index contributed by atoms with van der Waals surface area (Å²) in [6, 6.07) is 8.20. The summed E-state index contributed by atoms with van der Waals surface area (Å²) in [5.74, 6) is 0.319. The Kier molecular flexibility index (Phi) is 14.7. The minimum absolute atomic E-state index is 0. The molecule has 9 nitrogen and oxygen atoms in total. The zero-order valence-corrected chi connectivity index (χ0v) is 17.6. The molecule has 2 heterocycles. The van der Waals surface area contributed by atoms with Gasteiger partial charge in [-0.3, -0.25) is 26.0 Å². The number of amides is 1. The number of carbonyl (C=O) groups excluding carboxylic acids is 1. The largest absolute Gasteiger partial charge is 0.390 e. The monoisotopic (exact) mass is 422 g/mol. The Morgan fingerprint density at radius 2 is 1.79 bits per heavy atom. The number of aromatic nitrogens is 2. The summed E-state index contributed by atoms with van der Waals surface area (Å²) in [6.45, 7) is 2.16. The van der Waals surface area contributed by atoms with Gasteiger partial charge in [0.05, 0.1) is 18.2 Å². The number of piperidine rings is 1. The fraction of sp³-hybridized carbons (Fsp3) is 0.368. The Hall–Kier alpha value is -2.75. The van der Waals surface area contributed by atoms with Crippen molar-refractivity contribution in [2.75, 3.05) is 32.6 Å². The van der Waals surface area contributed by atoms with Gasteiger partial charge in [-0.15, -0.1) is 12.4 Å². The van der Waals surface area contributed by atoms with Crippen molar-refractivity contribution in [2.24, 2.45) is 5.73 Å². The van der Waals surface area contributed by atoms with Gasteiger partial charge in [0, 0.05) is 12.4 Å². The maximum atomic E-state index is 11.8. The lowest BCUT2D eigenvalue weighted by molar-refractivity contribution is 0.0957. The van der Waals surface area contributed by atoms with E-state index in [9.17, 15) is 4.79 Å². The van der Waals surface area contributed by atoms with Crippen LogP contribution in [-0.2, 0) is 0 Å². The van der Waals surface area contributed by atoms with Crippen molar-refractivity contribution in [3.63, 3.8) is 0 Å². The number of carbonyl (C=O) groups is 1. The number of nitrogens with zero attached hydrogens (tertiary/aromatic N) is 2. The second-order valence-electron chi connectivity index (χ2n) is 5.98. The van der Waals surface area contributed by atoms with E-state index in [1.54, 1.807) is 0 Å². The molecule has 0 radical (unpaired) electrons. The van der Waals surface area contributed by atoms with Gasteiger partial charge in [0.25, 0.3) is 5.91 Å². The summed E-state index contributed by atoms with van der Waals surface area (Å²) in [7, 11) is 3.75. The molecule has 0 atom stereocenters. The second-order valence-corrected chi connectivity index (χ2v) is 5.98. The van der Waals surface area contributed by atoms with Crippen LogP contribution in [0, 0.1) is 5.41 Å². The van der Waals surface area contributed by atoms with Crippen molar-refractivity contribution in [3.05, 3.63) is 54.1 Å². The normalized spacial score (nSPS) is 12.6. The molecule has 160 valence electrons. The van der Waals surface area contributed by atoms with Gasteiger partial charge in [-0.25, -0.2) is 4.98 Å². The molecule has 29 heavy (non-hydrogen) atoms. The molecule has 1 aromatic heterocycles. The molecule has 1 fully saturated rings. The predicted molar refractivity (Wildman–Crippen MR) is 120 cm³/mol. The number of halogens is 1. The summed E-state index contributed by atoms with van der Waals surface area (Å²) in [5, 5.41) is 12.0. The van der Waals surface area contributed by atoms with E-state index in [2.05, 4.69) is 49.3 Å². The molecule has 10 heteroatoms. The van der Waals surface area contributed by atoms with Gasteiger partial charge in [0.1, 0.15) is 5.69 Å². The maximum Gasteiger partial charge on any atom is 0.289 e. The standard InChI is InChI=1S/C16H19N5O.C2H7N.CH4N2.ClH/c22-16(15-11-18-9-10-19-15)21-20-14-3-1-12(2-4-14)13-5-7-17-8-6-13;1-3-2;2-1-3;/h1-4,9-11,13,17,20H,5-8H2,(H,21,22);3H,1-2H3;1H,(H3,2,3);1H. The van der Waals surface area contributed by atoms with Crippen molar-refractivity contribution in [1.29, 1.82) is 5.41 Å². The number of nitrogens with one attached hydrogen (secondary N) is 5. The molecule has 2 aromatic rings. The Morgan fingerprint density at radius 1 is 1.21 bits per heavy atom. The molecule has 0 saturated carbocycles. The van der Waals surface area contributed by atoms with Gasteiger partial charge in [-0.2, -0.15) is 0 Å². The lowest BCUT2D eigenvalue weighted by Gasteiger charge is -2.23. The van der Waals surface area contributed by atoms with Crippen molar-refractivity contribution in [2.45, 2.75) is 18.8 Å². The number of nitrogens with two attached hydrogens (primary N) is 1. The van der Waals surface area contributed by atoms with Crippen LogP contribution >= 0.6 is 12.4 Å². The SMILES string of the molecule is CNC.Cl.N=CN.O=C(NNc1ccc(C2CCNCC2)cc1)c1cnccn1. The van der Waals surface area contributed by atoms with Crippen molar-refractivity contribution in [3.8, 4) is 0 Å². The molecule has 0 aliphatic carbocycles. The molecule has 0 bridgehead atoms. The highest BCUT2D eigenvalue weighted by Gasteiger charge is 2.14. The number of anilines is 1. The molecule has 1 amide bonds. The number of hydrazine groups is 1. The van der Waals surface area contributed by atoms with E-state index in [0.29, 0.717) is 5.92 Å². The Bertz CT molecular complexity index is 678. The van der Waals surface area contributed by atoms with Crippen LogP contribution in [0.25, 0.3) is 0 Å². The van der Waals surface area contributed by atoms with Crippen LogP contribution in [0.1, 0.15) is 34.8 Å². The lowest BCUT2D eigenvalue weighted by atomic mass is 9.90. The summed E-state index contributed by atoms with van der Waals surface area (Å²) in [6.07, 6.45) is 7.55. The number of hydrogen-bond acceptors (Lipinski definition) is 7. The van der Waals surface area contributed by atoms with Gasteiger partial charge in [0.2, 0.25) is 0 Å². The van der Waals surface area contributed by atoms with Crippen LogP contribution in [-0.4, -0.2) is 49.4 Å². The van der Waals surface area contributed by atoms with E-state index in [1.165, 1.54) is 37.0 Å². The van der Waals surface area contributed by atoms with Crippen LogP contribution in [0.5, 0.6) is 0 Å². The number of benzene rings is 1. The van der Waals surface area contributed by atoms with E-state index >= 15 is 0 Å². The summed E-state index contributed by atoms with van der Waals surface area (Å²) < 4.78 is 0. The number of rotatable bonds is 4. The van der Waals surface area contributed by atoms with E-state index in [-0.39, 0.29) is 24.0 Å². The molecule has 1 aliphatic heterocycles. The summed E-state index contributed by atoms with van der Waals surface area (Å²) in [4.78, 5) is 19.7. The van der Waals surface area contributed by atoms with E-state index in [1.807, 2.05) is 26.2 Å². The molecular weight excluding hydrogens is 392 g/mol. The Morgan fingerprint density at radius 3 is 2.31 bits per heavy atom. The minimum Gasteiger partial charge on any atom is -0.390 e. The molecule has 0 spiro atoms. The third-order valence-electron chi connectivity index (χ3n) is 3.84. The molecule has 0 unspecified atom stereocenters. The zero-order valence-electron chi connectivity index (χ0n) is 16.8. The van der Waals surface area contributed by atoms with Gasteiger partial charge in [0.15, 0.2) is 0 Å². The van der Waals surface area contributed by atoms with Crippen LogP contribution < -0.4 is 27.2 Å². The lowest BCUT2D eigenvalue weighted by Crippen LogP contribution is -2.30.